The van der Waals surface area contributed by atoms with Crippen LogP contribution in [0.1, 0.15) is 25.3 Å². The van der Waals surface area contributed by atoms with Crippen LogP contribution < -0.4 is 5.32 Å². The Kier molecular flexibility index (Phi) is 8.39. The van der Waals surface area contributed by atoms with Crippen LogP contribution in [0, 0.1) is 0 Å². The Hall–Kier alpha value is -1.95. The Morgan fingerprint density at radius 3 is 2.80 bits per heavy atom. The lowest BCUT2D eigenvalue weighted by Crippen LogP contribution is -2.38. The predicted molar refractivity (Wildman–Crippen MR) is 109 cm³/mol. The van der Waals surface area contributed by atoms with Crippen LogP contribution >= 0.6 is 11.8 Å². The van der Waals surface area contributed by atoms with Crippen LogP contribution in [0.4, 0.5) is 0 Å². The van der Waals surface area contributed by atoms with Gasteiger partial charge in [0, 0.05) is 38.4 Å². The van der Waals surface area contributed by atoms with Crippen LogP contribution in [0.15, 0.2) is 47.7 Å². The van der Waals surface area contributed by atoms with Gasteiger partial charge in [0.15, 0.2) is 5.96 Å². The van der Waals surface area contributed by atoms with Crippen molar-refractivity contribution in [1.82, 2.24) is 20.0 Å². The maximum Gasteiger partial charge on any atom is 0.193 e. The Morgan fingerprint density at radius 2 is 2.08 bits per heavy atom. The molecule has 0 aliphatic carbocycles. The van der Waals surface area contributed by atoms with Gasteiger partial charge in [-0.3, -0.25) is 4.99 Å². The smallest absolute Gasteiger partial charge is 0.193 e. The molecule has 0 atom stereocenters. The highest BCUT2D eigenvalue weighted by atomic mass is 32.2. The van der Waals surface area contributed by atoms with E-state index in [0.29, 0.717) is 0 Å². The number of hydrogen-bond donors (Lipinski definition) is 1. The van der Waals surface area contributed by atoms with Gasteiger partial charge in [0.25, 0.3) is 0 Å². The summed E-state index contributed by atoms with van der Waals surface area (Å²) in [4.78, 5) is 6.90. The SMILES string of the molecule is CCNC(=NCCCCSC)N(C)Cc1cnn(-c2ccccc2)c1. The fraction of sp³-hybridized carbons (Fsp3) is 0.474. The van der Waals surface area contributed by atoms with Crippen LogP contribution in [0.5, 0.6) is 0 Å². The number of aromatic nitrogens is 2. The molecule has 0 saturated heterocycles. The summed E-state index contributed by atoms with van der Waals surface area (Å²) < 4.78 is 1.91. The molecule has 0 amide bonds. The number of rotatable bonds is 9. The number of aliphatic imine (C=N–C) groups is 1. The largest absolute Gasteiger partial charge is 0.357 e. The summed E-state index contributed by atoms with van der Waals surface area (Å²) in [5.41, 5.74) is 2.24. The molecule has 6 heteroatoms. The van der Waals surface area contributed by atoms with Crippen LogP contribution in [-0.4, -0.2) is 52.8 Å². The van der Waals surface area contributed by atoms with Crippen molar-refractivity contribution in [2.24, 2.45) is 4.99 Å². The number of thioether (sulfide) groups is 1. The summed E-state index contributed by atoms with van der Waals surface area (Å²) in [6.07, 6.45) is 8.50. The Labute approximate surface area is 155 Å². The quantitative estimate of drug-likeness (QED) is 0.423. The fourth-order valence-electron chi connectivity index (χ4n) is 2.53. The average Bonchev–Trinajstić information content (AvgIpc) is 3.10. The second-order valence-electron chi connectivity index (χ2n) is 5.92. The van der Waals surface area contributed by atoms with Crippen molar-refractivity contribution < 1.29 is 0 Å². The number of hydrogen-bond acceptors (Lipinski definition) is 3. The maximum absolute atomic E-state index is 4.74. The monoisotopic (exact) mass is 359 g/mol. The first kappa shape index (κ1) is 19.4. The van der Waals surface area contributed by atoms with E-state index in [1.54, 1.807) is 0 Å². The van der Waals surface area contributed by atoms with Crippen LogP contribution in [-0.2, 0) is 6.54 Å². The Balaban J connectivity index is 1.94. The number of guanidine groups is 1. The third-order valence-electron chi connectivity index (χ3n) is 3.79. The van der Waals surface area contributed by atoms with Gasteiger partial charge >= 0.3 is 0 Å². The van der Waals surface area contributed by atoms with Crippen LogP contribution in [0.3, 0.4) is 0 Å². The second kappa shape index (κ2) is 10.8. The summed E-state index contributed by atoms with van der Waals surface area (Å²) in [6, 6.07) is 10.2. The molecule has 136 valence electrons. The lowest BCUT2D eigenvalue weighted by atomic mass is 10.3. The van der Waals surface area contributed by atoms with E-state index in [2.05, 4.69) is 53.9 Å². The van der Waals surface area contributed by atoms with Gasteiger partial charge in [-0.15, -0.1) is 0 Å². The molecule has 2 aromatic rings. The molecule has 1 aromatic heterocycles. The number of para-hydroxylation sites is 1. The first-order valence-corrected chi connectivity index (χ1v) is 10.2. The number of benzene rings is 1. The minimum absolute atomic E-state index is 0.781. The topological polar surface area (TPSA) is 45.5 Å². The molecule has 0 spiro atoms. The third-order valence-corrected chi connectivity index (χ3v) is 4.49. The first-order chi connectivity index (χ1) is 12.2. The van der Waals surface area contributed by atoms with E-state index >= 15 is 0 Å². The molecule has 0 radical (unpaired) electrons. The van der Waals surface area contributed by atoms with Crippen molar-refractivity contribution in [3.8, 4) is 5.69 Å². The minimum Gasteiger partial charge on any atom is -0.357 e. The van der Waals surface area contributed by atoms with Crippen LogP contribution in [0.25, 0.3) is 5.69 Å². The molecule has 1 N–H and O–H groups in total. The maximum atomic E-state index is 4.74. The molecule has 2 rings (SSSR count). The highest BCUT2D eigenvalue weighted by Gasteiger charge is 2.08. The zero-order valence-corrected chi connectivity index (χ0v) is 16.3. The van der Waals surface area contributed by atoms with Gasteiger partial charge in [-0.25, -0.2) is 4.68 Å². The molecular formula is C19H29N5S. The van der Waals surface area contributed by atoms with Gasteiger partial charge in [-0.1, -0.05) is 18.2 Å². The minimum atomic E-state index is 0.781. The van der Waals surface area contributed by atoms with E-state index < -0.39 is 0 Å². The van der Waals surface area contributed by atoms with E-state index in [1.165, 1.54) is 17.7 Å². The molecule has 1 heterocycles. The van der Waals surface area contributed by atoms with E-state index in [-0.39, 0.29) is 0 Å². The molecule has 0 unspecified atom stereocenters. The summed E-state index contributed by atoms with van der Waals surface area (Å²) in [5, 5.41) is 7.84. The van der Waals surface area contributed by atoms with Crippen molar-refractivity contribution >= 4 is 17.7 Å². The van der Waals surface area contributed by atoms with Gasteiger partial charge in [0.1, 0.15) is 0 Å². The summed E-state index contributed by atoms with van der Waals surface area (Å²) in [7, 11) is 2.07. The van der Waals surface area contributed by atoms with Crippen LogP contribution in [0.2, 0.25) is 0 Å². The molecule has 0 fully saturated rings. The molecule has 0 aliphatic rings. The number of nitrogens with one attached hydrogen (secondary N) is 1. The third kappa shape index (κ3) is 6.46. The van der Waals surface area contributed by atoms with Crippen molar-refractivity contribution in [1.29, 1.82) is 0 Å². The van der Waals surface area contributed by atoms with E-state index in [1.807, 2.05) is 40.8 Å². The zero-order valence-electron chi connectivity index (χ0n) is 15.5. The van der Waals surface area contributed by atoms with Gasteiger partial charge in [0.2, 0.25) is 0 Å². The fourth-order valence-corrected chi connectivity index (χ4v) is 3.02. The summed E-state index contributed by atoms with van der Waals surface area (Å²) >= 11 is 1.90. The molecule has 1 aromatic carbocycles. The van der Waals surface area contributed by atoms with E-state index in [4.69, 9.17) is 4.99 Å². The Morgan fingerprint density at radius 1 is 1.28 bits per heavy atom. The number of nitrogens with zero attached hydrogens (tertiary/aromatic N) is 4. The highest BCUT2D eigenvalue weighted by molar-refractivity contribution is 7.98. The summed E-state index contributed by atoms with van der Waals surface area (Å²) in [5.74, 6) is 2.17. The lowest BCUT2D eigenvalue weighted by Gasteiger charge is -2.21. The summed E-state index contributed by atoms with van der Waals surface area (Å²) in [6.45, 7) is 4.63. The first-order valence-electron chi connectivity index (χ1n) is 8.82. The van der Waals surface area contributed by atoms with Gasteiger partial charge in [-0.2, -0.15) is 16.9 Å². The standard InChI is InChI=1S/C19H29N5S/c1-4-20-19(21-12-8-9-13-25-3)23(2)15-17-14-22-24(16-17)18-10-6-5-7-11-18/h5-7,10-11,14,16H,4,8-9,12-13,15H2,1-3H3,(H,20,21). The van der Waals surface area contributed by atoms with Crippen molar-refractivity contribution in [2.45, 2.75) is 26.3 Å². The predicted octanol–water partition coefficient (Wildman–Crippen LogP) is 3.41. The van der Waals surface area contributed by atoms with Gasteiger partial charge in [-0.05, 0) is 43.9 Å². The molecule has 25 heavy (non-hydrogen) atoms. The van der Waals surface area contributed by atoms with Gasteiger partial charge < -0.3 is 10.2 Å². The van der Waals surface area contributed by atoms with Gasteiger partial charge in [0.05, 0.1) is 11.9 Å². The molecule has 5 nitrogen and oxygen atoms in total. The normalized spacial score (nSPS) is 11.6. The molecular weight excluding hydrogens is 330 g/mol. The Bertz CT molecular complexity index is 638. The molecule has 0 saturated carbocycles. The molecule has 0 aliphatic heterocycles. The average molecular weight is 360 g/mol. The van der Waals surface area contributed by atoms with Crippen molar-refractivity contribution in [2.75, 3.05) is 32.1 Å². The highest BCUT2D eigenvalue weighted by Crippen LogP contribution is 2.09. The second-order valence-corrected chi connectivity index (χ2v) is 6.91. The number of unbranched alkanes of at least 4 members (excludes halogenated alkanes) is 1. The zero-order chi connectivity index (χ0) is 17.9. The lowest BCUT2D eigenvalue weighted by molar-refractivity contribution is 0.476. The van der Waals surface area contributed by atoms with Crippen molar-refractivity contribution in [3.63, 3.8) is 0 Å². The van der Waals surface area contributed by atoms with E-state index in [9.17, 15) is 0 Å². The van der Waals surface area contributed by atoms with Crippen molar-refractivity contribution in [3.05, 3.63) is 48.3 Å². The van der Waals surface area contributed by atoms with E-state index in [0.717, 1.165) is 37.7 Å². The molecule has 0 bridgehead atoms.